The molecule has 0 aromatic heterocycles. The number of nitrogens with zero attached hydrogens (tertiary/aromatic N) is 1. The van der Waals surface area contributed by atoms with E-state index in [9.17, 15) is 9.18 Å². The van der Waals surface area contributed by atoms with Crippen molar-refractivity contribution in [3.05, 3.63) is 29.6 Å². The number of morpholine rings is 1. The van der Waals surface area contributed by atoms with Crippen LogP contribution < -0.4 is 10.2 Å². The van der Waals surface area contributed by atoms with Gasteiger partial charge >= 0.3 is 0 Å². The molecule has 1 amide bonds. The Bertz CT molecular complexity index is 481. The average molecular weight is 282 g/mol. The average Bonchev–Trinajstić information content (AvgIpc) is 2.47. The molecule has 1 heterocycles. The Morgan fingerprint density at radius 2 is 2.40 bits per heavy atom. The lowest BCUT2D eigenvalue weighted by molar-refractivity contribution is -0.124. The molecule has 1 aliphatic heterocycles. The Morgan fingerprint density at radius 3 is 3.05 bits per heavy atom. The molecule has 2 N–H and O–H groups in total. The summed E-state index contributed by atoms with van der Waals surface area (Å²) < 4.78 is 19.4. The smallest absolute Gasteiger partial charge is 0.245 e. The summed E-state index contributed by atoms with van der Waals surface area (Å²) in [5.74, 6) is -0.606. The predicted octanol–water partition coefficient (Wildman–Crippen LogP) is 0.659. The summed E-state index contributed by atoms with van der Waals surface area (Å²) in [6.07, 6.45) is 0. The number of carbonyl (C=O) groups excluding carboxylic acids is 1. The van der Waals surface area contributed by atoms with Gasteiger partial charge in [0.2, 0.25) is 5.91 Å². The van der Waals surface area contributed by atoms with E-state index in [1.165, 1.54) is 6.07 Å². The van der Waals surface area contributed by atoms with E-state index in [0.717, 1.165) is 0 Å². The fourth-order valence-corrected chi connectivity index (χ4v) is 2.28. The van der Waals surface area contributed by atoms with Crippen LogP contribution in [0, 0.1) is 5.82 Å². The van der Waals surface area contributed by atoms with Gasteiger partial charge in [-0.15, -0.1) is 0 Å². The van der Waals surface area contributed by atoms with Gasteiger partial charge in [0.25, 0.3) is 0 Å². The lowest BCUT2D eigenvalue weighted by Crippen LogP contribution is -2.54. The maximum absolute atomic E-state index is 14.1. The van der Waals surface area contributed by atoms with E-state index in [0.29, 0.717) is 30.9 Å². The summed E-state index contributed by atoms with van der Waals surface area (Å²) in [5, 5.41) is 11.7. The molecule has 1 saturated heterocycles. The van der Waals surface area contributed by atoms with Gasteiger partial charge in [0.05, 0.1) is 25.5 Å². The summed E-state index contributed by atoms with van der Waals surface area (Å²) in [5.41, 5.74) is 0.871. The van der Waals surface area contributed by atoms with Gasteiger partial charge in [-0.05, 0) is 24.6 Å². The van der Waals surface area contributed by atoms with E-state index in [2.05, 4.69) is 5.32 Å². The van der Waals surface area contributed by atoms with Crippen LogP contribution in [0.25, 0.3) is 0 Å². The Morgan fingerprint density at radius 1 is 1.60 bits per heavy atom. The number of rotatable bonds is 4. The number of halogens is 1. The van der Waals surface area contributed by atoms with Gasteiger partial charge in [0.15, 0.2) is 0 Å². The minimum Gasteiger partial charge on any atom is -0.392 e. The molecule has 1 atom stereocenters. The molecule has 2 rings (SSSR count). The molecule has 5 nitrogen and oxygen atoms in total. The molecule has 0 bridgehead atoms. The van der Waals surface area contributed by atoms with Gasteiger partial charge in [-0.3, -0.25) is 4.79 Å². The van der Waals surface area contributed by atoms with Crippen LogP contribution in [-0.2, 0) is 16.1 Å². The first-order chi connectivity index (χ1) is 9.67. The topological polar surface area (TPSA) is 61.8 Å². The maximum Gasteiger partial charge on any atom is 0.245 e. The Balaban J connectivity index is 2.25. The molecule has 1 unspecified atom stereocenters. The van der Waals surface area contributed by atoms with Crippen molar-refractivity contribution in [3.63, 3.8) is 0 Å². The van der Waals surface area contributed by atoms with Gasteiger partial charge in [0.1, 0.15) is 11.9 Å². The van der Waals surface area contributed by atoms with Gasteiger partial charge in [-0.1, -0.05) is 6.07 Å². The molecule has 0 radical (unpaired) electrons. The quantitative estimate of drug-likeness (QED) is 0.851. The Kier molecular flexibility index (Phi) is 4.92. The SMILES string of the molecule is CCNC(=O)C1COCCN1c1ccc(CO)cc1F. The number of nitrogens with one attached hydrogen (secondary N) is 1. The molecule has 20 heavy (non-hydrogen) atoms. The molecule has 1 aromatic rings. The number of likely N-dealkylation sites (N-methyl/N-ethyl adjacent to an activating group) is 1. The number of anilines is 1. The van der Waals surface area contributed by atoms with E-state index < -0.39 is 11.9 Å². The first-order valence-electron chi connectivity index (χ1n) is 6.68. The van der Waals surface area contributed by atoms with Crippen LogP contribution in [0.5, 0.6) is 0 Å². The van der Waals surface area contributed by atoms with Crippen LogP contribution in [0.3, 0.4) is 0 Å². The number of hydrogen-bond acceptors (Lipinski definition) is 4. The van der Waals surface area contributed by atoms with Crippen molar-refractivity contribution in [2.75, 3.05) is 31.2 Å². The van der Waals surface area contributed by atoms with E-state index in [1.54, 1.807) is 17.0 Å². The van der Waals surface area contributed by atoms with E-state index >= 15 is 0 Å². The highest BCUT2D eigenvalue weighted by molar-refractivity contribution is 5.85. The number of hydrogen-bond donors (Lipinski definition) is 2. The van der Waals surface area contributed by atoms with Gasteiger partial charge < -0.3 is 20.1 Å². The molecular weight excluding hydrogens is 263 g/mol. The number of carbonyl (C=O) groups is 1. The minimum absolute atomic E-state index is 0.169. The zero-order chi connectivity index (χ0) is 14.5. The summed E-state index contributed by atoms with van der Waals surface area (Å²) in [6.45, 7) is 3.30. The summed E-state index contributed by atoms with van der Waals surface area (Å²) >= 11 is 0. The van der Waals surface area contributed by atoms with Crippen LogP contribution >= 0.6 is 0 Å². The van der Waals surface area contributed by atoms with Crippen molar-refractivity contribution >= 4 is 11.6 Å². The highest BCUT2D eigenvalue weighted by atomic mass is 19.1. The Labute approximate surface area is 117 Å². The first kappa shape index (κ1) is 14.7. The second-order valence-corrected chi connectivity index (χ2v) is 4.62. The summed E-state index contributed by atoms with van der Waals surface area (Å²) in [4.78, 5) is 13.7. The minimum atomic E-state index is -0.529. The number of aliphatic hydroxyl groups is 1. The van der Waals surface area contributed by atoms with Crippen LogP contribution in [0.4, 0.5) is 10.1 Å². The molecule has 110 valence electrons. The normalized spacial score (nSPS) is 18.9. The fraction of sp³-hybridized carbons (Fsp3) is 0.500. The Hall–Kier alpha value is -1.66. The third-order valence-corrected chi connectivity index (χ3v) is 3.29. The third-order valence-electron chi connectivity index (χ3n) is 3.29. The van der Waals surface area contributed by atoms with Crippen LogP contribution in [0.1, 0.15) is 12.5 Å². The fourth-order valence-electron chi connectivity index (χ4n) is 2.28. The van der Waals surface area contributed by atoms with Crippen molar-refractivity contribution in [3.8, 4) is 0 Å². The molecule has 0 aliphatic carbocycles. The lowest BCUT2D eigenvalue weighted by atomic mass is 10.1. The molecule has 6 heteroatoms. The zero-order valence-electron chi connectivity index (χ0n) is 11.4. The highest BCUT2D eigenvalue weighted by Gasteiger charge is 2.30. The monoisotopic (exact) mass is 282 g/mol. The molecule has 0 saturated carbocycles. The number of aliphatic hydroxyl groups excluding tert-OH is 1. The number of amides is 1. The lowest BCUT2D eigenvalue weighted by Gasteiger charge is -2.36. The number of benzene rings is 1. The van der Waals surface area contributed by atoms with E-state index in [4.69, 9.17) is 9.84 Å². The molecule has 0 spiro atoms. The van der Waals surface area contributed by atoms with Crippen molar-refractivity contribution < 1.29 is 19.0 Å². The van der Waals surface area contributed by atoms with Gasteiger partial charge in [-0.2, -0.15) is 0 Å². The summed E-state index contributed by atoms with van der Waals surface area (Å²) in [7, 11) is 0. The molecular formula is C14H19FN2O3. The van der Waals surface area contributed by atoms with Gasteiger partial charge in [0, 0.05) is 13.1 Å². The standard InChI is InChI=1S/C14H19FN2O3/c1-2-16-14(19)13-9-20-6-5-17(13)12-4-3-10(8-18)7-11(12)15/h3-4,7,13,18H,2,5-6,8-9H2,1H3,(H,16,19). The maximum atomic E-state index is 14.1. The van der Waals surface area contributed by atoms with Crippen LogP contribution in [-0.4, -0.2) is 43.4 Å². The van der Waals surface area contributed by atoms with Crippen LogP contribution in [0.15, 0.2) is 18.2 Å². The molecule has 1 aromatic carbocycles. The van der Waals surface area contributed by atoms with E-state index in [1.807, 2.05) is 6.92 Å². The van der Waals surface area contributed by atoms with Crippen molar-refractivity contribution in [2.24, 2.45) is 0 Å². The highest BCUT2D eigenvalue weighted by Crippen LogP contribution is 2.24. The van der Waals surface area contributed by atoms with Crippen molar-refractivity contribution in [1.29, 1.82) is 0 Å². The molecule has 1 fully saturated rings. The second-order valence-electron chi connectivity index (χ2n) is 4.62. The predicted molar refractivity (Wildman–Crippen MR) is 73.0 cm³/mol. The van der Waals surface area contributed by atoms with E-state index in [-0.39, 0.29) is 19.1 Å². The zero-order valence-corrected chi connectivity index (χ0v) is 11.4. The second kappa shape index (κ2) is 6.67. The van der Waals surface area contributed by atoms with Crippen molar-refractivity contribution in [2.45, 2.75) is 19.6 Å². The number of ether oxygens (including phenoxy) is 1. The third kappa shape index (κ3) is 3.08. The largest absolute Gasteiger partial charge is 0.392 e. The summed E-state index contributed by atoms with van der Waals surface area (Å²) in [6, 6.07) is 4.01. The van der Waals surface area contributed by atoms with Gasteiger partial charge in [-0.25, -0.2) is 4.39 Å². The van der Waals surface area contributed by atoms with Crippen LogP contribution in [0.2, 0.25) is 0 Å². The first-order valence-corrected chi connectivity index (χ1v) is 6.68. The van der Waals surface area contributed by atoms with Crippen molar-refractivity contribution in [1.82, 2.24) is 5.32 Å². The molecule has 1 aliphatic rings.